The van der Waals surface area contributed by atoms with Crippen LogP contribution >= 0.6 is 0 Å². The lowest BCUT2D eigenvalue weighted by molar-refractivity contribution is 0.381. The third-order valence-corrected chi connectivity index (χ3v) is 1.63. The van der Waals surface area contributed by atoms with E-state index in [1.165, 1.54) is 18.4 Å². The van der Waals surface area contributed by atoms with Crippen LogP contribution in [0.25, 0.3) is 0 Å². The molecule has 0 aromatic rings. The second-order valence-electron chi connectivity index (χ2n) is 3.39. The lowest BCUT2D eigenvalue weighted by atomic mass is 10.0. The molecule has 15 heavy (non-hydrogen) atoms. The molecular formula is C9H17NO4S. The summed E-state index contributed by atoms with van der Waals surface area (Å²) >= 11 is 0. The van der Waals surface area contributed by atoms with Crippen molar-refractivity contribution < 1.29 is 17.5 Å². The van der Waals surface area contributed by atoms with Crippen molar-refractivity contribution in [3.05, 3.63) is 23.8 Å². The zero-order chi connectivity index (χ0) is 11.9. The smallest absolute Gasteiger partial charge is 0.328 e. The summed E-state index contributed by atoms with van der Waals surface area (Å²) in [6, 6.07) is 0.300. The first-order chi connectivity index (χ1) is 6.79. The largest absolute Gasteiger partial charge is 0.394 e. The van der Waals surface area contributed by atoms with Gasteiger partial charge < -0.3 is 5.73 Å². The molecule has 0 aromatic carbocycles. The van der Waals surface area contributed by atoms with Crippen molar-refractivity contribution in [3.8, 4) is 0 Å². The maximum absolute atomic E-state index is 8.74. The molecule has 5 nitrogen and oxygen atoms in total. The Labute approximate surface area is 90.3 Å². The molecule has 1 unspecified atom stereocenters. The highest BCUT2D eigenvalue weighted by Crippen LogP contribution is 2.13. The van der Waals surface area contributed by atoms with Crippen molar-refractivity contribution in [3.63, 3.8) is 0 Å². The van der Waals surface area contributed by atoms with Gasteiger partial charge in [0.25, 0.3) is 0 Å². The zero-order valence-corrected chi connectivity index (χ0v) is 9.44. The minimum atomic E-state index is -4.67. The summed E-state index contributed by atoms with van der Waals surface area (Å²) in [7, 11) is -4.67. The minimum absolute atomic E-state index is 0.300. The topological polar surface area (TPSA) is 101 Å². The lowest BCUT2D eigenvalue weighted by Gasteiger charge is -2.08. The predicted octanol–water partition coefficient (Wildman–Crippen LogP) is 1.35. The molecule has 0 spiro atoms. The Balaban J connectivity index is 0.000000336. The van der Waals surface area contributed by atoms with Gasteiger partial charge in [0.05, 0.1) is 0 Å². The van der Waals surface area contributed by atoms with Crippen LogP contribution in [0.3, 0.4) is 0 Å². The van der Waals surface area contributed by atoms with Gasteiger partial charge in [-0.05, 0) is 26.2 Å². The maximum Gasteiger partial charge on any atom is 0.394 e. The first-order valence-corrected chi connectivity index (χ1v) is 6.00. The van der Waals surface area contributed by atoms with Crippen molar-refractivity contribution in [1.82, 2.24) is 0 Å². The molecule has 1 atom stereocenters. The summed E-state index contributed by atoms with van der Waals surface area (Å²) in [5.74, 6) is 0. The van der Waals surface area contributed by atoms with E-state index in [4.69, 9.17) is 23.3 Å². The van der Waals surface area contributed by atoms with Gasteiger partial charge in [-0.25, -0.2) is 0 Å². The summed E-state index contributed by atoms with van der Waals surface area (Å²) in [4.78, 5) is 0. The van der Waals surface area contributed by atoms with E-state index in [0.717, 1.165) is 6.42 Å². The number of rotatable bonds is 2. The highest BCUT2D eigenvalue weighted by atomic mass is 32.3. The fraction of sp³-hybridized carbons (Fsp3) is 0.556. The summed E-state index contributed by atoms with van der Waals surface area (Å²) in [5.41, 5.74) is 7.05. The fourth-order valence-corrected chi connectivity index (χ4v) is 1.19. The van der Waals surface area contributed by atoms with Crippen molar-refractivity contribution in [2.45, 2.75) is 32.2 Å². The van der Waals surface area contributed by atoms with Crippen molar-refractivity contribution in [1.29, 1.82) is 0 Å². The van der Waals surface area contributed by atoms with Crippen LogP contribution in [0, 0.1) is 0 Å². The van der Waals surface area contributed by atoms with Crippen LogP contribution in [0.4, 0.5) is 0 Å². The molecule has 0 saturated carbocycles. The summed E-state index contributed by atoms with van der Waals surface area (Å²) in [6.45, 7) is 2.04. The van der Waals surface area contributed by atoms with E-state index >= 15 is 0 Å². The molecule has 0 saturated heterocycles. The van der Waals surface area contributed by atoms with Crippen molar-refractivity contribution in [2.24, 2.45) is 5.73 Å². The van der Waals surface area contributed by atoms with Gasteiger partial charge in [-0.3, -0.25) is 9.11 Å². The number of allylic oxidation sites excluding steroid dienone is 3. The minimum Gasteiger partial charge on any atom is -0.328 e. The van der Waals surface area contributed by atoms with Gasteiger partial charge in [0.2, 0.25) is 0 Å². The molecule has 0 bridgehead atoms. The molecule has 1 aliphatic carbocycles. The van der Waals surface area contributed by atoms with E-state index in [9.17, 15) is 0 Å². The van der Waals surface area contributed by atoms with Crippen LogP contribution in [0.2, 0.25) is 0 Å². The molecule has 0 amide bonds. The molecule has 0 heterocycles. The van der Waals surface area contributed by atoms with Gasteiger partial charge in [0.1, 0.15) is 0 Å². The Morgan fingerprint density at radius 1 is 1.47 bits per heavy atom. The highest BCUT2D eigenvalue weighted by molar-refractivity contribution is 7.79. The molecule has 4 N–H and O–H groups in total. The van der Waals surface area contributed by atoms with Gasteiger partial charge >= 0.3 is 10.4 Å². The Morgan fingerprint density at radius 2 is 2.00 bits per heavy atom. The average Bonchev–Trinajstić information content (AvgIpc) is 2.01. The van der Waals surface area contributed by atoms with Crippen molar-refractivity contribution >= 4 is 10.4 Å². The summed E-state index contributed by atoms with van der Waals surface area (Å²) in [6.07, 6.45) is 10.1. The van der Waals surface area contributed by atoms with E-state index in [0.29, 0.717) is 6.04 Å². The van der Waals surface area contributed by atoms with Gasteiger partial charge in [0.15, 0.2) is 0 Å². The molecule has 0 aromatic heterocycles. The third kappa shape index (κ3) is 13.3. The van der Waals surface area contributed by atoms with Gasteiger partial charge in [-0.15, -0.1) is 0 Å². The third-order valence-electron chi connectivity index (χ3n) is 1.63. The molecule has 1 rings (SSSR count). The van der Waals surface area contributed by atoms with Gasteiger partial charge in [-0.1, -0.05) is 23.8 Å². The molecular weight excluding hydrogens is 218 g/mol. The van der Waals surface area contributed by atoms with Crippen LogP contribution in [0.5, 0.6) is 0 Å². The van der Waals surface area contributed by atoms with Crippen LogP contribution in [0.1, 0.15) is 26.2 Å². The zero-order valence-electron chi connectivity index (χ0n) is 8.63. The standard InChI is InChI=1S/C9H15N.H2O4S/c1-8(10)7-9-5-3-2-4-6-9;1-5(2,3)4/h3,5-6,8H,2,4,7,10H2,1H3;(H2,1,2,3,4). The Bertz CT molecular complexity index is 322. The van der Waals surface area contributed by atoms with Crippen LogP contribution < -0.4 is 5.73 Å². The van der Waals surface area contributed by atoms with E-state index in [1.807, 2.05) is 6.92 Å². The van der Waals surface area contributed by atoms with E-state index in [2.05, 4.69) is 18.2 Å². The quantitative estimate of drug-likeness (QED) is 0.627. The second-order valence-corrected chi connectivity index (χ2v) is 4.28. The molecule has 0 radical (unpaired) electrons. The first kappa shape index (κ1) is 14.3. The summed E-state index contributed by atoms with van der Waals surface area (Å²) < 4.78 is 31.6. The Kier molecular flexibility index (Phi) is 6.42. The maximum atomic E-state index is 8.74. The first-order valence-electron chi connectivity index (χ1n) is 4.60. The Morgan fingerprint density at radius 3 is 2.33 bits per heavy atom. The summed E-state index contributed by atoms with van der Waals surface area (Å²) in [5, 5.41) is 0. The molecule has 1 aliphatic rings. The van der Waals surface area contributed by atoms with Crippen LogP contribution in [-0.2, 0) is 10.4 Å². The number of hydrogen-bond acceptors (Lipinski definition) is 3. The van der Waals surface area contributed by atoms with E-state index in [1.54, 1.807) is 0 Å². The highest BCUT2D eigenvalue weighted by Gasteiger charge is 1.99. The van der Waals surface area contributed by atoms with Crippen LogP contribution in [-0.4, -0.2) is 23.6 Å². The van der Waals surface area contributed by atoms with Crippen molar-refractivity contribution in [2.75, 3.05) is 0 Å². The average molecular weight is 235 g/mol. The SMILES string of the molecule is CC(N)CC1=CCCC=C1.O=S(=O)(O)O. The van der Waals surface area contributed by atoms with Gasteiger partial charge in [-0.2, -0.15) is 8.42 Å². The number of nitrogens with two attached hydrogens (primary N) is 1. The van der Waals surface area contributed by atoms with E-state index in [-0.39, 0.29) is 0 Å². The predicted molar refractivity (Wildman–Crippen MR) is 58.9 cm³/mol. The number of hydrogen-bond donors (Lipinski definition) is 3. The van der Waals surface area contributed by atoms with Crippen LogP contribution in [0.15, 0.2) is 23.8 Å². The van der Waals surface area contributed by atoms with Gasteiger partial charge in [0, 0.05) is 6.04 Å². The normalized spacial score (nSPS) is 17.5. The molecule has 0 fully saturated rings. The monoisotopic (exact) mass is 235 g/mol. The fourth-order valence-electron chi connectivity index (χ4n) is 1.19. The second kappa shape index (κ2) is 6.73. The molecule has 88 valence electrons. The van der Waals surface area contributed by atoms with E-state index < -0.39 is 10.4 Å². The molecule has 6 heteroatoms. The molecule has 0 aliphatic heterocycles. The lowest BCUT2D eigenvalue weighted by Crippen LogP contribution is -2.15. The Hall–Kier alpha value is -0.690.